The summed E-state index contributed by atoms with van der Waals surface area (Å²) in [6.45, 7) is 6.97. The Labute approximate surface area is 118 Å². The van der Waals surface area contributed by atoms with Gasteiger partial charge >= 0.3 is 0 Å². The number of unbranched alkanes of at least 4 members (excludes halogenated alkanes) is 1. The molecule has 0 aliphatic carbocycles. The van der Waals surface area contributed by atoms with Crippen molar-refractivity contribution in [3.05, 3.63) is 19.1 Å². The van der Waals surface area contributed by atoms with Crippen molar-refractivity contribution in [2.75, 3.05) is 26.4 Å². The minimum Gasteiger partial charge on any atom is -0.468 e. The van der Waals surface area contributed by atoms with Crippen LogP contribution in [0.2, 0.25) is 0 Å². The first-order chi connectivity index (χ1) is 9.62. The van der Waals surface area contributed by atoms with E-state index in [1.807, 2.05) is 13.2 Å². The number of nitrogens with two attached hydrogens (primary N) is 1. The molecular weight excluding hydrogens is 256 g/mol. The van der Waals surface area contributed by atoms with Gasteiger partial charge in [0.1, 0.15) is 11.8 Å². The number of fused-ring (bicyclic) bond motifs is 1. The number of rotatable bonds is 5. The zero-order valence-corrected chi connectivity index (χ0v) is 12.3. The maximum atomic E-state index is 5.55. The smallest absolute Gasteiger partial charge is 0.295 e. The van der Waals surface area contributed by atoms with Gasteiger partial charge in [0, 0.05) is 13.6 Å². The van der Waals surface area contributed by atoms with E-state index in [9.17, 15) is 0 Å². The summed E-state index contributed by atoms with van der Waals surface area (Å²) in [5.41, 5.74) is 6.67. The Balaban J connectivity index is 0.000000221. The quantitative estimate of drug-likeness (QED) is 0.866. The number of hydrogen-bond acceptors (Lipinski definition) is 6. The van der Waals surface area contributed by atoms with Crippen molar-refractivity contribution in [3.63, 3.8) is 0 Å². The van der Waals surface area contributed by atoms with Crippen LogP contribution in [0.25, 0.3) is 11.2 Å². The van der Waals surface area contributed by atoms with Gasteiger partial charge in [-0.05, 0) is 12.6 Å². The summed E-state index contributed by atoms with van der Waals surface area (Å²) in [4.78, 5) is 16.6. The average Bonchev–Trinajstić information content (AvgIpc) is 2.90. The fourth-order valence-electron chi connectivity index (χ4n) is 1.42. The van der Waals surface area contributed by atoms with Crippen molar-refractivity contribution < 1.29 is 4.74 Å². The van der Waals surface area contributed by atoms with Gasteiger partial charge in [-0.1, -0.05) is 19.9 Å². The van der Waals surface area contributed by atoms with Gasteiger partial charge in [0.2, 0.25) is 0 Å². The van der Waals surface area contributed by atoms with Crippen LogP contribution < -0.4 is 10.5 Å². The van der Waals surface area contributed by atoms with E-state index in [1.165, 1.54) is 26.3 Å². The van der Waals surface area contributed by atoms with Gasteiger partial charge in [0.25, 0.3) is 6.01 Å². The van der Waals surface area contributed by atoms with Crippen LogP contribution in [0.15, 0.2) is 19.1 Å². The Morgan fingerprint density at radius 2 is 2.25 bits per heavy atom. The second-order valence-electron chi connectivity index (χ2n) is 4.22. The first-order valence-electron chi connectivity index (χ1n) is 6.45. The zero-order chi connectivity index (χ0) is 15.0. The van der Waals surface area contributed by atoms with E-state index in [1.54, 1.807) is 0 Å². The van der Waals surface area contributed by atoms with Crippen molar-refractivity contribution in [1.29, 1.82) is 0 Å². The zero-order valence-electron chi connectivity index (χ0n) is 12.3. The summed E-state index contributed by atoms with van der Waals surface area (Å²) >= 11 is 0. The van der Waals surface area contributed by atoms with E-state index in [4.69, 9.17) is 10.5 Å². The van der Waals surface area contributed by atoms with Crippen molar-refractivity contribution in [3.8, 4) is 6.01 Å². The third kappa shape index (κ3) is 4.42. The van der Waals surface area contributed by atoms with Crippen molar-refractivity contribution in [1.82, 2.24) is 24.8 Å². The average molecular weight is 278 g/mol. The predicted octanol–water partition coefficient (Wildman–Crippen LogP) is 1.81. The highest BCUT2D eigenvalue weighted by Crippen LogP contribution is 2.16. The monoisotopic (exact) mass is 278 g/mol. The normalized spacial score (nSPS) is 9.75. The van der Waals surface area contributed by atoms with E-state index in [-0.39, 0.29) is 0 Å². The highest BCUT2D eigenvalue weighted by atomic mass is 16.5. The number of nitrogen functional groups attached to an aromatic ring is 1. The molecule has 0 aliphatic heterocycles. The molecule has 2 aromatic rings. The van der Waals surface area contributed by atoms with Crippen LogP contribution in [0.4, 0.5) is 5.82 Å². The van der Waals surface area contributed by atoms with E-state index in [0.29, 0.717) is 23.0 Å². The predicted molar refractivity (Wildman–Crippen MR) is 80.4 cm³/mol. The lowest BCUT2D eigenvalue weighted by atomic mass is 10.3. The van der Waals surface area contributed by atoms with Gasteiger partial charge in [0.05, 0.1) is 7.11 Å². The molecule has 7 nitrogen and oxygen atoms in total. The van der Waals surface area contributed by atoms with E-state index in [0.717, 1.165) is 6.54 Å². The lowest BCUT2D eigenvalue weighted by molar-refractivity contribution is 0.386. The Kier molecular flexibility index (Phi) is 6.28. The van der Waals surface area contributed by atoms with E-state index >= 15 is 0 Å². The van der Waals surface area contributed by atoms with Crippen molar-refractivity contribution >= 4 is 17.0 Å². The molecule has 20 heavy (non-hydrogen) atoms. The number of hydrogen-bond donors (Lipinski definition) is 2. The number of anilines is 1. The minimum absolute atomic E-state index is 0.371. The highest BCUT2D eigenvalue weighted by molar-refractivity contribution is 5.81. The second kappa shape index (κ2) is 7.98. The number of imidazole rings is 1. The third-order valence-electron chi connectivity index (χ3n) is 2.67. The first kappa shape index (κ1) is 15.7. The molecular formula is C13H22N6O. The molecule has 3 N–H and O–H groups in total. The van der Waals surface area contributed by atoms with Crippen LogP contribution in [-0.2, 0) is 0 Å². The SMILES string of the molecule is C=CN(C)CCCC.COc1nc2ncnc(N)c2[nH]1. The Bertz CT molecular complexity index is 539. The number of nitrogens with zero attached hydrogens (tertiary/aromatic N) is 4. The largest absolute Gasteiger partial charge is 0.468 e. The number of ether oxygens (including phenoxy) is 1. The van der Waals surface area contributed by atoms with Gasteiger partial charge in [-0.15, -0.1) is 0 Å². The van der Waals surface area contributed by atoms with Crippen molar-refractivity contribution in [2.45, 2.75) is 19.8 Å². The number of aromatic amines is 1. The second-order valence-corrected chi connectivity index (χ2v) is 4.22. The fraction of sp³-hybridized carbons (Fsp3) is 0.462. The van der Waals surface area contributed by atoms with Gasteiger partial charge < -0.3 is 20.4 Å². The Hall–Kier alpha value is -2.31. The molecule has 0 radical (unpaired) electrons. The molecule has 7 heteroatoms. The summed E-state index contributed by atoms with van der Waals surface area (Å²) in [5.74, 6) is 0.371. The molecule has 0 bridgehead atoms. The molecule has 0 atom stereocenters. The molecule has 2 rings (SSSR count). The summed E-state index contributed by atoms with van der Waals surface area (Å²) < 4.78 is 4.86. The van der Waals surface area contributed by atoms with E-state index in [2.05, 4.69) is 38.3 Å². The fourth-order valence-corrected chi connectivity index (χ4v) is 1.42. The lowest BCUT2D eigenvalue weighted by Crippen LogP contribution is -2.10. The summed E-state index contributed by atoms with van der Waals surface area (Å²) in [6.07, 6.45) is 5.74. The molecule has 0 spiro atoms. The van der Waals surface area contributed by atoms with Gasteiger partial charge in [-0.3, -0.25) is 0 Å². The van der Waals surface area contributed by atoms with Gasteiger partial charge in [-0.2, -0.15) is 4.98 Å². The maximum absolute atomic E-state index is 5.55. The molecule has 110 valence electrons. The molecule has 0 aromatic carbocycles. The molecule has 0 fully saturated rings. The number of aromatic nitrogens is 4. The van der Waals surface area contributed by atoms with Crippen LogP contribution >= 0.6 is 0 Å². The minimum atomic E-state index is 0.371. The summed E-state index contributed by atoms with van der Waals surface area (Å²) in [6, 6.07) is 0.386. The molecule has 0 saturated heterocycles. The molecule has 0 unspecified atom stereocenters. The topological polar surface area (TPSA) is 92.9 Å². The first-order valence-corrected chi connectivity index (χ1v) is 6.45. The molecule has 0 saturated carbocycles. The number of methoxy groups -OCH3 is 1. The Morgan fingerprint density at radius 3 is 2.80 bits per heavy atom. The van der Waals surface area contributed by atoms with Crippen molar-refractivity contribution in [2.24, 2.45) is 0 Å². The number of nitrogens with one attached hydrogen (secondary N) is 1. The molecule has 2 heterocycles. The van der Waals surface area contributed by atoms with Crippen LogP contribution in [0.5, 0.6) is 6.01 Å². The number of H-pyrrole nitrogens is 1. The molecule has 0 amide bonds. The summed E-state index contributed by atoms with van der Waals surface area (Å²) in [5, 5.41) is 0. The standard InChI is InChI=1S/C7H15N.C6H7N5O/c1-4-6-7-8(3)5-2;1-12-6-10-3-4(7)8-2-9-5(3)11-6/h5H,2,4,6-7H2,1,3H3;2H,1H3,(H3,7,8,9,10,11). The van der Waals surface area contributed by atoms with Gasteiger partial charge in [0.15, 0.2) is 11.5 Å². The van der Waals surface area contributed by atoms with Crippen LogP contribution in [0, 0.1) is 0 Å². The Morgan fingerprint density at radius 1 is 1.50 bits per heavy atom. The summed E-state index contributed by atoms with van der Waals surface area (Å²) in [7, 11) is 3.56. The van der Waals surface area contributed by atoms with E-state index < -0.39 is 0 Å². The molecule has 2 aromatic heterocycles. The van der Waals surface area contributed by atoms with Crippen LogP contribution in [-0.4, -0.2) is 45.5 Å². The van der Waals surface area contributed by atoms with Gasteiger partial charge in [-0.25, -0.2) is 9.97 Å². The molecule has 0 aliphatic rings. The highest BCUT2D eigenvalue weighted by Gasteiger charge is 2.06. The maximum Gasteiger partial charge on any atom is 0.295 e. The van der Waals surface area contributed by atoms with Crippen LogP contribution in [0.3, 0.4) is 0 Å². The van der Waals surface area contributed by atoms with Crippen LogP contribution in [0.1, 0.15) is 19.8 Å². The third-order valence-corrected chi connectivity index (χ3v) is 2.67. The lowest BCUT2D eigenvalue weighted by Gasteiger charge is -2.10.